The van der Waals surface area contributed by atoms with E-state index < -0.39 is 6.16 Å². The minimum Gasteiger partial charge on any atom is -0.652 e. The van der Waals surface area contributed by atoms with Crippen LogP contribution < -0.4 is 15.5 Å². The van der Waals surface area contributed by atoms with Crippen LogP contribution in [0.3, 0.4) is 0 Å². The molecule has 0 aromatic carbocycles. The Kier molecular flexibility index (Phi) is 8.82. The van der Waals surface area contributed by atoms with Crippen molar-refractivity contribution in [1.82, 2.24) is 5.32 Å². The third-order valence-corrected chi connectivity index (χ3v) is 0.903. The average Bonchev–Trinajstić information content (AvgIpc) is 2.15. The molecule has 0 unspecified atom stereocenters. The van der Waals surface area contributed by atoms with Crippen LogP contribution in [0.2, 0.25) is 0 Å². The summed E-state index contributed by atoms with van der Waals surface area (Å²) in [7, 11) is 0. The number of amides is 1. The first-order chi connectivity index (χ1) is 4.63. The molecule has 0 atom stereocenters. The molecule has 6 heteroatoms. The molecule has 0 spiro atoms. The van der Waals surface area contributed by atoms with E-state index in [1.807, 2.05) is 0 Å². The fourth-order valence-electron chi connectivity index (χ4n) is 0.565. The number of rotatable bonds is 0. The smallest absolute Gasteiger partial charge is 0.652 e. The van der Waals surface area contributed by atoms with E-state index in [1.54, 1.807) is 0 Å². The van der Waals surface area contributed by atoms with Crippen molar-refractivity contribution in [2.24, 2.45) is 0 Å². The molecule has 0 aromatic rings. The van der Waals surface area contributed by atoms with Crippen LogP contribution in [0.15, 0.2) is 0 Å². The fourth-order valence-corrected chi connectivity index (χ4v) is 0.565. The number of carbonyl (C=O) groups excluding carboxylic acids is 2. The zero-order valence-electron chi connectivity index (χ0n) is 5.96. The molecule has 11 heavy (non-hydrogen) atoms. The second kappa shape index (κ2) is 7.47. The van der Waals surface area contributed by atoms with Gasteiger partial charge in [-0.15, -0.1) is 0 Å². The van der Waals surface area contributed by atoms with E-state index >= 15 is 0 Å². The molecule has 1 amide bonds. The molecule has 1 aliphatic rings. The van der Waals surface area contributed by atoms with Crippen LogP contribution in [0.25, 0.3) is 0 Å². The first kappa shape index (κ1) is 13.0. The van der Waals surface area contributed by atoms with Gasteiger partial charge in [0.2, 0.25) is 5.91 Å². The summed E-state index contributed by atoms with van der Waals surface area (Å²) in [5.41, 5.74) is 0. The van der Waals surface area contributed by atoms with Gasteiger partial charge in [-0.3, -0.25) is 4.79 Å². The molecular weight excluding hydrogens is 203 g/mol. The summed E-state index contributed by atoms with van der Waals surface area (Å²) in [5.74, 6) is 0.204. The van der Waals surface area contributed by atoms with Crippen LogP contribution in [0.1, 0.15) is 12.8 Å². The second-order valence-corrected chi connectivity index (χ2v) is 1.70. The molecular formula is C5H7NO4Zn. The Morgan fingerprint density at radius 1 is 1.45 bits per heavy atom. The van der Waals surface area contributed by atoms with Gasteiger partial charge in [-0.1, -0.05) is 0 Å². The van der Waals surface area contributed by atoms with Gasteiger partial charge < -0.3 is 20.3 Å². The summed E-state index contributed by atoms with van der Waals surface area (Å²) in [5, 5.41) is 19.3. The van der Waals surface area contributed by atoms with Crippen LogP contribution in [-0.4, -0.2) is 18.6 Å². The third-order valence-electron chi connectivity index (χ3n) is 0.903. The molecule has 1 aliphatic heterocycles. The maximum absolute atomic E-state index is 10.1. The first-order valence-corrected chi connectivity index (χ1v) is 2.77. The number of hydrogen-bond acceptors (Lipinski definition) is 4. The van der Waals surface area contributed by atoms with E-state index in [1.165, 1.54) is 0 Å². The number of nitrogens with one attached hydrogen (secondary N) is 1. The first-order valence-electron chi connectivity index (χ1n) is 2.77. The Balaban J connectivity index is 0. The number of carboxylic acid groups (broad SMARTS) is 2. The Bertz CT molecular complexity index is 126. The van der Waals surface area contributed by atoms with E-state index in [-0.39, 0.29) is 25.4 Å². The Labute approximate surface area is 76.5 Å². The van der Waals surface area contributed by atoms with Crippen molar-refractivity contribution in [3.63, 3.8) is 0 Å². The van der Waals surface area contributed by atoms with Gasteiger partial charge in [-0.25, -0.2) is 0 Å². The molecule has 1 rings (SSSR count). The van der Waals surface area contributed by atoms with Crippen molar-refractivity contribution in [2.45, 2.75) is 12.8 Å². The van der Waals surface area contributed by atoms with Gasteiger partial charge in [0.05, 0.1) is 0 Å². The quantitative estimate of drug-likeness (QED) is 0.446. The van der Waals surface area contributed by atoms with Crippen LogP contribution >= 0.6 is 0 Å². The minimum atomic E-state index is -2.33. The second-order valence-electron chi connectivity index (χ2n) is 1.70. The normalized spacial score (nSPS) is 13.6. The van der Waals surface area contributed by atoms with Crippen molar-refractivity contribution < 1.29 is 39.3 Å². The predicted octanol–water partition coefficient (Wildman–Crippen LogP) is -2.55. The van der Waals surface area contributed by atoms with Crippen molar-refractivity contribution in [3.8, 4) is 0 Å². The van der Waals surface area contributed by atoms with Gasteiger partial charge in [0.15, 0.2) is 0 Å². The summed E-state index contributed by atoms with van der Waals surface area (Å²) in [6.45, 7) is 0.888. The van der Waals surface area contributed by atoms with Gasteiger partial charge >= 0.3 is 19.5 Å². The van der Waals surface area contributed by atoms with E-state index in [0.29, 0.717) is 0 Å². The summed E-state index contributed by atoms with van der Waals surface area (Å²) >= 11 is 0. The van der Waals surface area contributed by atoms with E-state index in [4.69, 9.17) is 15.0 Å². The minimum absolute atomic E-state index is 0. The van der Waals surface area contributed by atoms with Crippen LogP contribution in [-0.2, 0) is 24.3 Å². The summed E-state index contributed by atoms with van der Waals surface area (Å²) in [4.78, 5) is 18.5. The van der Waals surface area contributed by atoms with Crippen molar-refractivity contribution in [2.75, 3.05) is 6.54 Å². The van der Waals surface area contributed by atoms with E-state index in [9.17, 15) is 4.79 Å². The molecule has 0 radical (unpaired) electrons. The van der Waals surface area contributed by atoms with E-state index in [0.717, 1.165) is 19.4 Å². The van der Waals surface area contributed by atoms with Crippen molar-refractivity contribution in [1.29, 1.82) is 0 Å². The monoisotopic (exact) mass is 209 g/mol. The Morgan fingerprint density at radius 2 is 1.91 bits per heavy atom. The molecule has 0 aliphatic carbocycles. The molecule has 1 heterocycles. The third kappa shape index (κ3) is 12.5. The molecule has 5 nitrogen and oxygen atoms in total. The maximum Gasteiger partial charge on any atom is 2.00 e. The fraction of sp³-hybridized carbons (Fsp3) is 0.600. The SMILES string of the molecule is O=C([O-])[O-].O=C1CCCN1.[Zn+2]. The Morgan fingerprint density at radius 3 is 2.00 bits per heavy atom. The summed E-state index contributed by atoms with van der Waals surface area (Å²) < 4.78 is 0. The summed E-state index contributed by atoms with van der Waals surface area (Å²) in [6, 6.07) is 0. The number of hydrogen-bond donors (Lipinski definition) is 1. The maximum atomic E-state index is 10.1. The van der Waals surface area contributed by atoms with Crippen LogP contribution in [0.4, 0.5) is 4.79 Å². The van der Waals surface area contributed by atoms with Gasteiger partial charge in [-0.05, 0) is 12.6 Å². The molecule has 58 valence electrons. The zero-order chi connectivity index (χ0) is 7.98. The van der Waals surface area contributed by atoms with Gasteiger partial charge in [0.1, 0.15) is 0 Å². The molecule has 0 aromatic heterocycles. The van der Waals surface area contributed by atoms with Gasteiger partial charge in [0, 0.05) is 13.0 Å². The topological polar surface area (TPSA) is 92.3 Å². The van der Waals surface area contributed by atoms with Crippen LogP contribution in [0.5, 0.6) is 0 Å². The standard InChI is InChI=1S/C4H7NO.CH2O3.Zn/c6-4-2-1-3-5-4;2-1(3)4;/h1-3H2,(H,5,6);(H2,2,3,4);/q;;+2/p-2. The van der Waals surface area contributed by atoms with E-state index in [2.05, 4.69) is 5.32 Å². The summed E-state index contributed by atoms with van der Waals surface area (Å²) in [6.07, 6.45) is -0.571. The Hall–Kier alpha value is -0.637. The van der Waals surface area contributed by atoms with Gasteiger partial charge in [-0.2, -0.15) is 0 Å². The van der Waals surface area contributed by atoms with Crippen molar-refractivity contribution >= 4 is 12.1 Å². The van der Waals surface area contributed by atoms with Crippen LogP contribution in [0, 0.1) is 0 Å². The molecule has 1 saturated heterocycles. The predicted molar refractivity (Wildman–Crippen MR) is 27.6 cm³/mol. The van der Waals surface area contributed by atoms with Gasteiger partial charge in [0.25, 0.3) is 0 Å². The number of carbonyl (C=O) groups is 2. The molecule has 0 saturated carbocycles. The molecule has 0 bridgehead atoms. The largest absolute Gasteiger partial charge is 2.00 e. The van der Waals surface area contributed by atoms with Crippen molar-refractivity contribution in [3.05, 3.63) is 0 Å². The average molecular weight is 211 g/mol. The zero-order valence-corrected chi connectivity index (χ0v) is 8.93. The molecule has 1 fully saturated rings. The molecule has 1 N–H and O–H groups in total.